The lowest BCUT2D eigenvalue weighted by molar-refractivity contribution is 0.488. The van der Waals surface area contributed by atoms with Crippen LogP contribution in [0.3, 0.4) is 0 Å². The van der Waals surface area contributed by atoms with Crippen LogP contribution in [0.15, 0.2) is 131 Å². The molecular weight excluding hydrogens is 508 g/mol. The van der Waals surface area contributed by atoms with Crippen LogP contribution in [0.4, 0.5) is 11.4 Å². The van der Waals surface area contributed by atoms with Crippen LogP contribution >= 0.6 is 0 Å². The van der Waals surface area contributed by atoms with Crippen molar-refractivity contribution in [3.05, 3.63) is 121 Å². The minimum absolute atomic E-state index is 0.162. The predicted molar refractivity (Wildman–Crippen MR) is 155 cm³/mol. The van der Waals surface area contributed by atoms with Crippen LogP contribution in [0.2, 0.25) is 0 Å². The van der Waals surface area contributed by atoms with E-state index in [2.05, 4.69) is 0 Å². The van der Waals surface area contributed by atoms with E-state index in [1.54, 1.807) is 24.3 Å². The summed E-state index contributed by atoms with van der Waals surface area (Å²) in [6.07, 6.45) is 0. The average Bonchev–Trinajstić information content (AvgIpc) is 2.95. The zero-order chi connectivity index (χ0) is 27.0. The molecule has 0 radical (unpaired) electrons. The minimum atomic E-state index is -3.74. The summed E-state index contributed by atoms with van der Waals surface area (Å²) in [7, 11) is -3.74. The van der Waals surface area contributed by atoms with Crippen molar-refractivity contribution in [2.24, 2.45) is 0 Å². The first-order chi connectivity index (χ1) is 18.9. The second kappa shape index (κ2) is 9.70. The zero-order valence-electron chi connectivity index (χ0n) is 20.7. The maximum Gasteiger partial charge on any atom is 0.206 e. The van der Waals surface area contributed by atoms with Gasteiger partial charge in [0.2, 0.25) is 9.84 Å². The van der Waals surface area contributed by atoms with Gasteiger partial charge >= 0.3 is 0 Å². The number of nitrogen functional groups attached to an aromatic ring is 2. The Morgan fingerprint density at radius 2 is 0.795 bits per heavy atom. The number of sulfone groups is 1. The number of ether oxygens (including phenoxy) is 2. The maximum absolute atomic E-state index is 13.3. The van der Waals surface area contributed by atoms with Gasteiger partial charge < -0.3 is 20.9 Å². The number of benzene rings is 6. The predicted octanol–water partition coefficient (Wildman–Crippen LogP) is 7.57. The summed E-state index contributed by atoms with van der Waals surface area (Å²) in [4.78, 5) is 0.324. The molecule has 0 aliphatic carbocycles. The molecule has 0 atom stereocenters. The molecule has 7 heteroatoms. The lowest BCUT2D eigenvalue weighted by atomic mass is 10.1. The van der Waals surface area contributed by atoms with Crippen LogP contribution in [0.5, 0.6) is 23.0 Å². The molecule has 39 heavy (non-hydrogen) atoms. The molecule has 6 aromatic carbocycles. The molecule has 0 aromatic heterocycles. The fourth-order valence-electron chi connectivity index (χ4n) is 4.55. The Bertz CT molecular complexity index is 1800. The van der Waals surface area contributed by atoms with Gasteiger partial charge in [-0.15, -0.1) is 0 Å². The summed E-state index contributed by atoms with van der Waals surface area (Å²) in [5.74, 6) is 2.31. The van der Waals surface area contributed by atoms with E-state index in [4.69, 9.17) is 20.9 Å². The Morgan fingerprint density at radius 1 is 0.436 bits per heavy atom. The van der Waals surface area contributed by atoms with Gasteiger partial charge in [-0.3, -0.25) is 0 Å². The van der Waals surface area contributed by atoms with Crippen LogP contribution in [0, 0.1) is 0 Å². The van der Waals surface area contributed by atoms with Gasteiger partial charge in [0.15, 0.2) is 0 Å². The van der Waals surface area contributed by atoms with Crippen molar-refractivity contribution in [3.8, 4) is 23.0 Å². The SMILES string of the molecule is Nc1cccc2c(Oc3ccc(S(=O)(=O)c4ccc(Oc5cccc6c(N)cccc56)cc4)cc3)cccc12. The molecule has 0 spiro atoms. The van der Waals surface area contributed by atoms with Crippen molar-refractivity contribution >= 4 is 42.8 Å². The monoisotopic (exact) mass is 532 g/mol. The molecule has 6 aromatic rings. The van der Waals surface area contributed by atoms with E-state index in [1.165, 1.54) is 24.3 Å². The van der Waals surface area contributed by atoms with Crippen LogP contribution in [-0.2, 0) is 9.84 Å². The molecule has 0 saturated carbocycles. The lowest BCUT2D eigenvalue weighted by Crippen LogP contribution is -2.02. The highest BCUT2D eigenvalue weighted by atomic mass is 32.2. The average molecular weight is 533 g/mol. The third kappa shape index (κ3) is 4.60. The molecule has 0 bridgehead atoms. The third-order valence-corrected chi connectivity index (χ3v) is 8.34. The molecule has 0 heterocycles. The van der Waals surface area contributed by atoms with Crippen molar-refractivity contribution < 1.29 is 17.9 Å². The van der Waals surface area contributed by atoms with Crippen molar-refractivity contribution in [1.29, 1.82) is 0 Å². The fraction of sp³-hybridized carbons (Fsp3) is 0. The first-order valence-corrected chi connectivity index (χ1v) is 13.7. The Kier molecular flexibility index (Phi) is 6.05. The second-order valence-electron chi connectivity index (χ2n) is 9.05. The van der Waals surface area contributed by atoms with Gasteiger partial charge in [-0.25, -0.2) is 8.42 Å². The number of anilines is 2. The number of rotatable bonds is 6. The first-order valence-electron chi connectivity index (χ1n) is 12.3. The molecular formula is C32H24N2O4S. The van der Waals surface area contributed by atoms with Crippen LogP contribution in [-0.4, -0.2) is 8.42 Å². The van der Waals surface area contributed by atoms with Gasteiger partial charge in [-0.2, -0.15) is 0 Å². The summed E-state index contributed by atoms with van der Waals surface area (Å²) in [5, 5.41) is 3.55. The third-order valence-electron chi connectivity index (χ3n) is 6.56. The van der Waals surface area contributed by atoms with Crippen LogP contribution < -0.4 is 20.9 Å². The van der Waals surface area contributed by atoms with Gasteiger partial charge in [0.1, 0.15) is 23.0 Å². The Labute approximate surface area is 225 Å². The number of nitrogens with two attached hydrogens (primary N) is 2. The van der Waals surface area contributed by atoms with Gasteiger partial charge in [0, 0.05) is 32.9 Å². The smallest absolute Gasteiger partial charge is 0.206 e. The standard InChI is InChI=1S/C32H24N2O4S/c33-29-9-1-7-27-25(29)5-3-11-31(27)37-21-13-17-23(18-14-21)39(35,36)24-19-15-22(16-20-24)38-32-12-4-6-26-28(32)8-2-10-30(26)34/h1-20H,33-34H2. The van der Waals surface area contributed by atoms with E-state index in [1.807, 2.05) is 72.8 Å². The highest BCUT2D eigenvalue weighted by molar-refractivity contribution is 7.91. The number of hydrogen-bond acceptors (Lipinski definition) is 6. The van der Waals surface area contributed by atoms with Gasteiger partial charge in [0.25, 0.3) is 0 Å². The Hall–Kier alpha value is -5.01. The van der Waals surface area contributed by atoms with Crippen LogP contribution in [0.1, 0.15) is 0 Å². The molecule has 0 unspecified atom stereocenters. The van der Waals surface area contributed by atoms with E-state index in [0.29, 0.717) is 34.4 Å². The van der Waals surface area contributed by atoms with Crippen molar-refractivity contribution in [2.45, 2.75) is 9.79 Å². The largest absolute Gasteiger partial charge is 0.457 e. The van der Waals surface area contributed by atoms with E-state index in [0.717, 1.165) is 21.5 Å². The number of fused-ring (bicyclic) bond motifs is 2. The summed E-state index contributed by atoms with van der Waals surface area (Å²) < 4.78 is 38.7. The van der Waals surface area contributed by atoms with E-state index < -0.39 is 9.84 Å². The van der Waals surface area contributed by atoms with E-state index in [-0.39, 0.29) is 9.79 Å². The minimum Gasteiger partial charge on any atom is -0.457 e. The van der Waals surface area contributed by atoms with Crippen molar-refractivity contribution in [3.63, 3.8) is 0 Å². The molecule has 0 saturated heterocycles. The molecule has 0 aliphatic heterocycles. The lowest BCUT2D eigenvalue weighted by Gasteiger charge is -2.12. The summed E-state index contributed by atoms with van der Waals surface area (Å²) in [5.41, 5.74) is 13.5. The highest BCUT2D eigenvalue weighted by Gasteiger charge is 2.18. The maximum atomic E-state index is 13.3. The van der Waals surface area contributed by atoms with Crippen molar-refractivity contribution in [2.75, 3.05) is 11.5 Å². The molecule has 0 amide bonds. The second-order valence-corrected chi connectivity index (χ2v) is 11.0. The molecule has 6 nitrogen and oxygen atoms in total. The summed E-state index contributed by atoms with van der Waals surface area (Å²) in [6, 6.07) is 35.3. The van der Waals surface area contributed by atoms with E-state index in [9.17, 15) is 8.42 Å². The molecule has 0 fully saturated rings. The van der Waals surface area contributed by atoms with Crippen molar-refractivity contribution in [1.82, 2.24) is 0 Å². The topological polar surface area (TPSA) is 105 Å². The first kappa shape index (κ1) is 24.3. The molecule has 192 valence electrons. The quantitative estimate of drug-likeness (QED) is 0.214. The molecule has 4 N–H and O–H groups in total. The molecule has 6 rings (SSSR count). The summed E-state index contributed by atoms with van der Waals surface area (Å²) in [6.45, 7) is 0. The fourth-order valence-corrected chi connectivity index (χ4v) is 5.81. The highest BCUT2D eigenvalue weighted by Crippen LogP contribution is 2.35. The number of hydrogen-bond donors (Lipinski definition) is 2. The van der Waals surface area contributed by atoms with Gasteiger partial charge in [-0.1, -0.05) is 48.5 Å². The Morgan fingerprint density at radius 3 is 1.21 bits per heavy atom. The van der Waals surface area contributed by atoms with Crippen LogP contribution in [0.25, 0.3) is 21.5 Å². The van der Waals surface area contributed by atoms with E-state index >= 15 is 0 Å². The van der Waals surface area contributed by atoms with Gasteiger partial charge in [-0.05, 0) is 72.8 Å². The molecule has 0 aliphatic rings. The summed E-state index contributed by atoms with van der Waals surface area (Å²) >= 11 is 0. The van der Waals surface area contributed by atoms with Gasteiger partial charge in [0.05, 0.1) is 9.79 Å². The zero-order valence-corrected chi connectivity index (χ0v) is 21.6. The Balaban J connectivity index is 1.22. The normalized spacial score (nSPS) is 11.5.